The molecule has 33 heavy (non-hydrogen) atoms. The second kappa shape index (κ2) is 10.5. The Balaban J connectivity index is 1.54. The zero-order valence-corrected chi connectivity index (χ0v) is 19.6. The minimum Gasteiger partial charge on any atom is -0.497 e. The molecule has 5 nitrogen and oxygen atoms in total. The first-order valence-electron chi connectivity index (χ1n) is 10.3. The largest absolute Gasteiger partial charge is 0.497 e. The van der Waals surface area contributed by atoms with E-state index in [1.54, 1.807) is 18.1 Å². The number of para-hydroxylation sites is 1. The van der Waals surface area contributed by atoms with Gasteiger partial charge in [0.2, 0.25) is 5.91 Å². The summed E-state index contributed by atoms with van der Waals surface area (Å²) in [6, 6.07) is 26.6. The number of carbonyl (C=O) groups is 2. The number of nitrogens with zero attached hydrogens (tertiary/aromatic N) is 2. The summed E-state index contributed by atoms with van der Waals surface area (Å²) in [7, 11) is 1.60. The predicted molar refractivity (Wildman–Crippen MR) is 137 cm³/mol. The topological polar surface area (TPSA) is 49.9 Å². The SMILES string of the molecule is COc1cccc(/C=C2/SC(=S)N(CC(=O)N(Cc3ccccc3)c3ccccc3)C2=O)c1. The fourth-order valence-corrected chi connectivity index (χ4v) is 4.69. The first-order chi connectivity index (χ1) is 16.0. The summed E-state index contributed by atoms with van der Waals surface area (Å²) < 4.78 is 5.62. The van der Waals surface area contributed by atoms with Crippen LogP contribution < -0.4 is 9.64 Å². The van der Waals surface area contributed by atoms with Gasteiger partial charge >= 0.3 is 0 Å². The quantitative estimate of drug-likeness (QED) is 0.351. The monoisotopic (exact) mass is 474 g/mol. The third-order valence-corrected chi connectivity index (χ3v) is 6.49. The van der Waals surface area contributed by atoms with E-state index in [0.717, 1.165) is 16.8 Å². The molecule has 0 aliphatic carbocycles. The highest BCUT2D eigenvalue weighted by Crippen LogP contribution is 2.33. The van der Waals surface area contributed by atoms with E-state index in [4.69, 9.17) is 17.0 Å². The maximum absolute atomic E-state index is 13.4. The van der Waals surface area contributed by atoms with Gasteiger partial charge in [-0.25, -0.2) is 0 Å². The molecule has 1 fully saturated rings. The number of benzene rings is 3. The molecule has 7 heteroatoms. The summed E-state index contributed by atoms with van der Waals surface area (Å²) in [4.78, 5) is 30.0. The number of amides is 2. The fraction of sp³-hybridized carbons (Fsp3) is 0.115. The molecule has 0 atom stereocenters. The number of thiocarbonyl (C=S) groups is 1. The Morgan fingerprint density at radius 1 is 1.03 bits per heavy atom. The molecule has 2 amide bonds. The highest BCUT2D eigenvalue weighted by molar-refractivity contribution is 8.26. The molecule has 3 aromatic carbocycles. The third-order valence-electron chi connectivity index (χ3n) is 5.11. The smallest absolute Gasteiger partial charge is 0.266 e. The van der Waals surface area contributed by atoms with E-state index in [9.17, 15) is 9.59 Å². The second-order valence-electron chi connectivity index (χ2n) is 7.35. The highest BCUT2D eigenvalue weighted by Gasteiger charge is 2.34. The maximum Gasteiger partial charge on any atom is 0.266 e. The maximum atomic E-state index is 13.4. The molecule has 0 aromatic heterocycles. The number of thioether (sulfide) groups is 1. The molecule has 0 spiro atoms. The Bertz CT molecular complexity index is 1200. The van der Waals surface area contributed by atoms with Crippen molar-refractivity contribution in [1.29, 1.82) is 0 Å². The summed E-state index contributed by atoms with van der Waals surface area (Å²) in [5, 5.41) is 0. The fourth-order valence-electron chi connectivity index (χ4n) is 3.44. The Kier molecular flexibility index (Phi) is 7.22. The van der Waals surface area contributed by atoms with Crippen LogP contribution in [0.5, 0.6) is 5.75 Å². The number of hydrogen-bond acceptors (Lipinski definition) is 5. The molecule has 0 N–H and O–H groups in total. The third kappa shape index (κ3) is 5.50. The van der Waals surface area contributed by atoms with E-state index in [1.807, 2.05) is 84.9 Å². The minimum absolute atomic E-state index is 0.123. The number of rotatable bonds is 7. The van der Waals surface area contributed by atoms with Crippen LogP contribution in [0.25, 0.3) is 6.08 Å². The van der Waals surface area contributed by atoms with Crippen LogP contribution in [0.1, 0.15) is 11.1 Å². The van der Waals surface area contributed by atoms with Gasteiger partial charge in [0, 0.05) is 5.69 Å². The van der Waals surface area contributed by atoms with E-state index in [-0.39, 0.29) is 18.4 Å². The van der Waals surface area contributed by atoms with E-state index < -0.39 is 0 Å². The number of carbonyl (C=O) groups excluding carboxylic acids is 2. The molecule has 1 aliphatic rings. The lowest BCUT2D eigenvalue weighted by Gasteiger charge is -2.25. The number of ether oxygens (including phenoxy) is 1. The summed E-state index contributed by atoms with van der Waals surface area (Å²) >= 11 is 6.64. The lowest BCUT2D eigenvalue weighted by Crippen LogP contribution is -2.42. The van der Waals surface area contributed by atoms with Gasteiger partial charge in [-0.1, -0.05) is 84.6 Å². The average molecular weight is 475 g/mol. The molecule has 0 bridgehead atoms. The van der Waals surface area contributed by atoms with Crippen LogP contribution in [0, 0.1) is 0 Å². The van der Waals surface area contributed by atoms with E-state index in [2.05, 4.69) is 0 Å². The summed E-state index contributed by atoms with van der Waals surface area (Å²) in [6.07, 6.45) is 1.77. The molecule has 1 aliphatic heterocycles. The highest BCUT2D eigenvalue weighted by atomic mass is 32.2. The van der Waals surface area contributed by atoms with Crippen molar-refractivity contribution in [2.75, 3.05) is 18.6 Å². The van der Waals surface area contributed by atoms with Crippen LogP contribution in [-0.4, -0.2) is 34.7 Å². The van der Waals surface area contributed by atoms with Gasteiger partial charge in [-0.2, -0.15) is 0 Å². The molecule has 1 saturated heterocycles. The van der Waals surface area contributed by atoms with Gasteiger partial charge in [-0.05, 0) is 41.5 Å². The van der Waals surface area contributed by atoms with Gasteiger partial charge in [-0.15, -0.1) is 0 Å². The number of hydrogen-bond donors (Lipinski definition) is 0. The number of anilines is 1. The van der Waals surface area contributed by atoms with Gasteiger partial charge in [0.25, 0.3) is 5.91 Å². The van der Waals surface area contributed by atoms with Gasteiger partial charge in [0.1, 0.15) is 16.6 Å². The van der Waals surface area contributed by atoms with E-state index >= 15 is 0 Å². The lowest BCUT2D eigenvalue weighted by molar-refractivity contribution is -0.127. The average Bonchev–Trinajstić information content (AvgIpc) is 3.11. The van der Waals surface area contributed by atoms with Crippen molar-refractivity contribution in [1.82, 2.24) is 4.90 Å². The first kappa shape index (κ1) is 22.8. The first-order valence-corrected chi connectivity index (χ1v) is 11.6. The van der Waals surface area contributed by atoms with Crippen molar-refractivity contribution in [2.45, 2.75) is 6.54 Å². The van der Waals surface area contributed by atoms with Gasteiger partial charge in [0.15, 0.2) is 0 Å². The molecule has 0 unspecified atom stereocenters. The molecule has 1 heterocycles. The van der Waals surface area contributed by atoms with Gasteiger partial charge in [0.05, 0.1) is 18.6 Å². The normalized spacial score (nSPS) is 14.6. The van der Waals surface area contributed by atoms with Crippen LogP contribution in [0.3, 0.4) is 0 Å². The minimum atomic E-state index is -0.270. The molecule has 4 rings (SSSR count). The van der Waals surface area contributed by atoms with Gasteiger partial charge < -0.3 is 9.64 Å². The van der Waals surface area contributed by atoms with Crippen LogP contribution in [-0.2, 0) is 16.1 Å². The van der Waals surface area contributed by atoms with Crippen molar-refractivity contribution in [3.8, 4) is 5.75 Å². The Labute approximate surface area is 202 Å². The van der Waals surface area contributed by atoms with E-state index in [1.165, 1.54) is 16.7 Å². The van der Waals surface area contributed by atoms with Crippen molar-refractivity contribution in [3.63, 3.8) is 0 Å². The second-order valence-corrected chi connectivity index (χ2v) is 9.02. The summed E-state index contributed by atoms with van der Waals surface area (Å²) in [5.41, 5.74) is 2.60. The summed E-state index contributed by atoms with van der Waals surface area (Å²) in [6.45, 7) is 0.278. The Morgan fingerprint density at radius 2 is 1.73 bits per heavy atom. The lowest BCUT2D eigenvalue weighted by atomic mass is 10.2. The van der Waals surface area contributed by atoms with Crippen LogP contribution in [0.15, 0.2) is 89.8 Å². The molecule has 0 radical (unpaired) electrons. The van der Waals surface area contributed by atoms with Crippen molar-refractivity contribution >= 4 is 51.9 Å². The predicted octanol–water partition coefficient (Wildman–Crippen LogP) is 5.13. The zero-order chi connectivity index (χ0) is 23.2. The van der Waals surface area contributed by atoms with E-state index in [0.29, 0.717) is 21.5 Å². The van der Waals surface area contributed by atoms with Gasteiger partial charge in [-0.3, -0.25) is 14.5 Å². The number of methoxy groups -OCH3 is 1. The summed E-state index contributed by atoms with van der Waals surface area (Å²) in [5.74, 6) is 0.228. The van der Waals surface area contributed by atoms with Crippen molar-refractivity contribution < 1.29 is 14.3 Å². The van der Waals surface area contributed by atoms with Crippen molar-refractivity contribution in [3.05, 3.63) is 101 Å². The van der Waals surface area contributed by atoms with Crippen molar-refractivity contribution in [2.24, 2.45) is 0 Å². The molecule has 0 saturated carbocycles. The molecule has 3 aromatic rings. The Morgan fingerprint density at radius 3 is 2.42 bits per heavy atom. The Hall–Kier alpha value is -3.42. The zero-order valence-electron chi connectivity index (χ0n) is 18.0. The van der Waals surface area contributed by atoms with Crippen LogP contribution in [0.2, 0.25) is 0 Å². The standard InChI is InChI=1S/C26H22N2O3S2/c1-31-22-14-8-11-20(15-22)16-23-25(30)28(26(32)33-23)18-24(29)27(21-12-6-3-7-13-21)17-19-9-4-2-5-10-19/h2-16H,17-18H2,1H3/b23-16+. The van der Waals surface area contributed by atoms with Crippen LogP contribution in [0.4, 0.5) is 5.69 Å². The van der Waals surface area contributed by atoms with Crippen LogP contribution >= 0.6 is 24.0 Å². The molecule has 166 valence electrons. The molecular weight excluding hydrogens is 452 g/mol. The molecular formula is C26H22N2O3S2.